The molecule has 0 atom stereocenters. The molecule has 102 valence electrons. The Balaban J connectivity index is 1.59. The van der Waals surface area contributed by atoms with Gasteiger partial charge < -0.3 is 4.42 Å². The zero-order valence-corrected chi connectivity index (χ0v) is 12.5. The number of rotatable bonds is 5. The van der Waals surface area contributed by atoms with Crippen LogP contribution in [0.3, 0.4) is 0 Å². The summed E-state index contributed by atoms with van der Waals surface area (Å²) in [6, 6.07) is 18.9. The van der Waals surface area contributed by atoms with Gasteiger partial charge in [-0.05, 0) is 36.3 Å². The standard InChI is InChI=1S/C18H18OS/c1-14-16-9-5-6-10-17(16)19-18(14)13-20-12-11-15-7-3-2-4-8-15/h2-10H,11-13H2,1H3. The first-order valence-corrected chi connectivity index (χ1v) is 8.09. The molecule has 0 aliphatic carbocycles. The number of aryl methyl sites for hydroxylation is 2. The van der Waals surface area contributed by atoms with E-state index < -0.39 is 0 Å². The number of fused-ring (bicyclic) bond motifs is 1. The summed E-state index contributed by atoms with van der Waals surface area (Å²) in [6.45, 7) is 2.15. The van der Waals surface area contributed by atoms with Crippen molar-refractivity contribution >= 4 is 22.7 Å². The minimum absolute atomic E-state index is 0.952. The molecule has 0 saturated heterocycles. The van der Waals surface area contributed by atoms with Crippen LogP contribution >= 0.6 is 11.8 Å². The number of thioether (sulfide) groups is 1. The van der Waals surface area contributed by atoms with Gasteiger partial charge in [0.05, 0.1) is 5.75 Å². The second-order valence-electron chi connectivity index (χ2n) is 4.93. The normalized spacial score (nSPS) is 11.1. The lowest BCUT2D eigenvalue weighted by Gasteiger charge is -2.01. The maximum atomic E-state index is 5.93. The summed E-state index contributed by atoms with van der Waals surface area (Å²) in [5.41, 5.74) is 3.69. The smallest absolute Gasteiger partial charge is 0.134 e. The van der Waals surface area contributed by atoms with Gasteiger partial charge in [0, 0.05) is 5.39 Å². The van der Waals surface area contributed by atoms with E-state index in [9.17, 15) is 0 Å². The SMILES string of the molecule is Cc1c(CSCCc2ccccc2)oc2ccccc12. The van der Waals surface area contributed by atoms with Gasteiger partial charge in [-0.3, -0.25) is 0 Å². The fraction of sp³-hybridized carbons (Fsp3) is 0.222. The van der Waals surface area contributed by atoms with Gasteiger partial charge in [-0.25, -0.2) is 0 Å². The molecule has 0 saturated carbocycles. The first-order chi connectivity index (χ1) is 9.84. The molecule has 20 heavy (non-hydrogen) atoms. The molecule has 0 aliphatic heterocycles. The molecular weight excluding hydrogens is 264 g/mol. The molecule has 1 nitrogen and oxygen atoms in total. The van der Waals surface area contributed by atoms with Crippen LogP contribution in [0.2, 0.25) is 0 Å². The molecule has 0 unspecified atom stereocenters. The lowest BCUT2D eigenvalue weighted by molar-refractivity contribution is 0.570. The maximum absolute atomic E-state index is 5.93. The number of para-hydroxylation sites is 1. The molecular formula is C18H18OS. The zero-order chi connectivity index (χ0) is 13.8. The van der Waals surface area contributed by atoms with Crippen LogP contribution in [0.25, 0.3) is 11.0 Å². The van der Waals surface area contributed by atoms with E-state index in [0.717, 1.165) is 29.3 Å². The van der Waals surface area contributed by atoms with Gasteiger partial charge in [0.2, 0.25) is 0 Å². The highest BCUT2D eigenvalue weighted by atomic mass is 32.2. The third-order valence-electron chi connectivity index (χ3n) is 3.55. The molecule has 0 N–H and O–H groups in total. The fourth-order valence-corrected chi connectivity index (χ4v) is 3.35. The van der Waals surface area contributed by atoms with E-state index >= 15 is 0 Å². The summed E-state index contributed by atoms with van der Waals surface area (Å²) in [7, 11) is 0. The molecule has 0 fully saturated rings. The Morgan fingerprint density at radius 3 is 2.50 bits per heavy atom. The number of hydrogen-bond acceptors (Lipinski definition) is 2. The van der Waals surface area contributed by atoms with E-state index in [1.165, 1.54) is 16.5 Å². The zero-order valence-electron chi connectivity index (χ0n) is 11.6. The molecule has 2 aromatic carbocycles. The van der Waals surface area contributed by atoms with Crippen LogP contribution in [0.1, 0.15) is 16.9 Å². The van der Waals surface area contributed by atoms with E-state index in [1.54, 1.807) is 0 Å². The Labute approximate surface area is 124 Å². The molecule has 3 aromatic rings. The Kier molecular flexibility index (Phi) is 4.12. The molecule has 1 heterocycles. The molecule has 0 spiro atoms. The predicted octanol–water partition coefficient (Wildman–Crippen LogP) is 5.22. The molecule has 0 aliphatic rings. The van der Waals surface area contributed by atoms with Crippen LogP contribution in [-0.4, -0.2) is 5.75 Å². The van der Waals surface area contributed by atoms with Gasteiger partial charge in [0.1, 0.15) is 11.3 Å². The van der Waals surface area contributed by atoms with Crippen molar-refractivity contribution in [1.82, 2.24) is 0 Å². The molecule has 0 bridgehead atoms. The monoisotopic (exact) mass is 282 g/mol. The van der Waals surface area contributed by atoms with Gasteiger partial charge in [-0.1, -0.05) is 48.5 Å². The lowest BCUT2D eigenvalue weighted by Crippen LogP contribution is -1.89. The Hall–Kier alpha value is -1.67. The lowest BCUT2D eigenvalue weighted by atomic mass is 10.2. The van der Waals surface area contributed by atoms with E-state index in [-0.39, 0.29) is 0 Å². The van der Waals surface area contributed by atoms with Crippen LogP contribution in [0.4, 0.5) is 0 Å². The average molecular weight is 282 g/mol. The van der Waals surface area contributed by atoms with Gasteiger partial charge in [-0.15, -0.1) is 0 Å². The summed E-state index contributed by atoms with van der Waals surface area (Å²) < 4.78 is 5.93. The second-order valence-corrected chi connectivity index (χ2v) is 6.04. The second kappa shape index (κ2) is 6.19. The van der Waals surface area contributed by atoms with E-state index in [1.807, 2.05) is 23.9 Å². The van der Waals surface area contributed by atoms with Crippen molar-refractivity contribution in [1.29, 1.82) is 0 Å². The van der Waals surface area contributed by atoms with Crippen molar-refractivity contribution in [3.8, 4) is 0 Å². The largest absolute Gasteiger partial charge is 0.460 e. The average Bonchev–Trinajstić information content (AvgIpc) is 2.82. The van der Waals surface area contributed by atoms with Crippen molar-refractivity contribution in [3.05, 3.63) is 71.5 Å². The highest BCUT2D eigenvalue weighted by Gasteiger charge is 2.09. The maximum Gasteiger partial charge on any atom is 0.134 e. The Bertz CT molecular complexity index is 685. The quantitative estimate of drug-likeness (QED) is 0.595. The summed E-state index contributed by atoms with van der Waals surface area (Å²) in [5.74, 6) is 3.19. The van der Waals surface area contributed by atoms with Crippen LogP contribution < -0.4 is 0 Å². The minimum Gasteiger partial charge on any atom is -0.460 e. The van der Waals surface area contributed by atoms with Crippen molar-refractivity contribution in [2.45, 2.75) is 19.1 Å². The summed E-state index contributed by atoms with van der Waals surface area (Å²) in [6.07, 6.45) is 1.12. The third-order valence-corrected chi connectivity index (χ3v) is 4.51. The third kappa shape index (κ3) is 2.91. The Morgan fingerprint density at radius 1 is 0.950 bits per heavy atom. The fourth-order valence-electron chi connectivity index (χ4n) is 2.36. The number of furan rings is 1. The van der Waals surface area contributed by atoms with Crippen LogP contribution in [-0.2, 0) is 12.2 Å². The van der Waals surface area contributed by atoms with Crippen LogP contribution in [0.15, 0.2) is 59.0 Å². The summed E-state index contributed by atoms with van der Waals surface area (Å²) in [5, 5.41) is 1.24. The Morgan fingerprint density at radius 2 is 1.70 bits per heavy atom. The van der Waals surface area contributed by atoms with Gasteiger partial charge >= 0.3 is 0 Å². The van der Waals surface area contributed by atoms with Crippen molar-refractivity contribution in [2.24, 2.45) is 0 Å². The van der Waals surface area contributed by atoms with Gasteiger partial charge in [0.25, 0.3) is 0 Å². The van der Waals surface area contributed by atoms with Crippen molar-refractivity contribution in [2.75, 3.05) is 5.75 Å². The van der Waals surface area contributed by atoms with Gasteiger partial charge in [0.15, 0.2) is 0 Å². The molecule has 1 aromatic heterocycles. The van der Waals surface area contributed by atoms with Crippen LogP contribution in [0.5, 0.6) is 0 Å². The predicted molar refractivity (Wildman–Crippen MR) is 87.3 cm³/mol. The van der Waals surface area contributed by atoms with E-state index in [4.69, 9.17) is 4.42 Å². The number of hydrogen-bond donors (Lipinski definition) is 0. The molecule has 2 heteroatoms. The van der Waals surface area contributed by atoms with E-state index in [0.29, 0.717) is 0 Å². The summed E-state index contributed by atoms with van der Waals surface area (Å²) >= 11 is 1.94. The molecule has 0 radical (unpaired) electrons. The topological polar surface area (TPSA) is 13.1 Å². The minimum atomic E-state index is 0.952. The highest BCUT2D eigenvalue weighted by molar-refractivity contribution is 7.98. The van der Waals surface area contributed by atoms with Gasteiger partial charge in [-0.2, -0.15) is 11.8 Å². The first-order valence-electron chi connectivity index (χ1n) is 6.93. The summed E-state index contributed by atoms with van der Waals surface area (Å²) in [4.78, 5) is 0. The number of benzene rings is 2. The molecule has 3 rings (SSSR count). The van der Waals surface area contributed by atoms with Crippen molar-refractivity contribution in [3.63, 3.8) is 0 Å². The van der Waals surface area contributed by atoms with Crippen LogP contribution in [0, 0.1) is 6.92 Å². The first kappa shape index (κ1) is 13.3. The van der Waals surface area contributed by atoms with Crippen molar-refractivity contribution < 1.29 is 4.42 Å². The highest BCUT2D eigenvalue weighted by Crippen LogP contribution is 2.27. The van der Waals surface area contributed by atoms with E-state index in [2.05, 4.69) is 49.4 Å². The molecule has 0 amide bonds.